The van der Waals surface area contributed by atoms with Crippen molar-refractivity contribution in [3.8, 4) is 0 Å². The van der Waals surface area contributed by atoms with Crippen LogP contribution in [0.2, 0.25) is 0 Å². The third-order valence-electron chi connectivity index (χ3n) is 3.92. The van der Waals surface area contributed by atoms with Gasteiger partial charge in [0, 0.05) is 24.7 Å². The SMILES string of the molecule is CC(=O)Nc1ccc(Nc2ncnc(N[C@@H](Cc3ccccc3)C(=O)O)n2)cc1. The Balaban J connectivity index is 1.68. The zero-order valence-electron chi connectivity index (χ0n) is 15.7. The van der Waals surface area contributed by atoms with Crippen LogP contribution < -0.4 is 16.0 Å². The Labute approximate surface area is 167 Å². The first-order valence-electron chi connectivity index (χ1n) is 8.86. The number of carbonyl (C=O) groups is 2. The van der Waals surface area contributed by atoms with E-state index in [4.69, 9.17) is 0 Å². The number of carbonyl (C=O) groups excluding carboxylic acids is 1. The smallest absolute Gasteiger partial charge is 0.326 e. The van der Waals surface area contributed by atoms with E-state index < -0.39 is 12.0 Å². The molecule has 1 amide bonds. The molecule has 1 atom stereocenters. The van der Waals surface area contributed by atoms with Gasteiger partial charge in [0.05, 0.1) is 0 Å². The molecule has 29 heavy (non-hydrogen) atoms. The predicted molar refractivity (Wildman–Crippen MR) is 109 cm³/mol. The van der Waals surface area contributed by atoms with Gasteiger partial charge in [0.25, 0.3) is 0 Å². The molecule has 0 bridgehead atoms. The van der Waals surface area contributed by atoms with E-state index >= 15 is 0 Å². The highest BCUT2D eigenvalue weighted by Crippen LogP contribution is 2.17. The molecule has 9 heteroatoms. The van der Waals surface area contributed by atoms with Crippen molar-refractivity contribution >= 4 is 35.1 Å². The maximum atomic E-state index is 11.6. The van der Waals surface area contributed by atoms with E-state index in [0.29, 0.717) is 11.4 Å². The van der Waals surface area contributed by atoms with Gasteiger partial charge >= 0.3 is 5.97 Å². The van der Waals surface area contributed by atoms with Crippen molar-refractivity contribution in [1.29, 1.82) is 0 Å². The highest BCUT2D eigenvalue weighted by molar-refractivity contribution is 5.88. The molecule has 9 nitrogen and oxygen atoms in total. The summed E-state index contributed by atoms with van der Waals surface area (Å²) >= 11 is 0. The Morgan fingerprint density at radius 2 is 1.62 bits per heavy atom. The van der Waals surface area contributed by atoms with Crippen molar-refractivity contribution < 1.29 is 14.7 Å². The second kappa shape index (κ2) is 9.27. The Morgan fingerprint density at radius 3 is 2.28 bits per heavy atom. The number of hydrogen-bond acceptors (Lipinski definition) is 7. The zero-order valence-corrected chi connectivity index (χ0v) is 15.7. The van der Waals surface area contributed by atoms with E-state index in [1.807, 2.05) is 30.3 Å². The highest BCUT2D eigenvalue weighted by atomic mass is 16.4. The number of carboxylic acids is 1. The number of nitrogens with zero attached hydrogens (tertiary/aromatic N) is 3. The summed E-state index contributed by atoms with van der Waals surface area (Å²) in [6.45, 7) is 1.44. The number of nitrogens with one attached hydrogen (secondary N) is 3. The third-order valence-corrected chi connectivity index (χ3v) is 3.92. The molecular formula is C20H20N6O3. The molecule has 3 aromatic rings. The topological polar surface area (TPSA) is 129 Å². The summed E-state index contributed by atoms with van der Waals surface area (Å²) in [5.74, 6) is -0.737. The quantitative estimate of drug-likeness (QED) is 0.460. The van der Waals surface area contributed by atoms with Crippen LogP contribution in [0.15, 0.2) is 60.9 Å². The lowest BCUT2D eigenvalue weighted by Crippen LogP contribution is -2.32. The predicted octanol–water partition coefficient (Wildman–Crippen LogP) is 2.68. The largest absolute Gasteiger partial charge is 0.480 e. The van der Waals surface area contributed by atoms with Crippen LogP contribution in [0.5, 0.6) is 0 Å². The van der Waals surface area contributed by atoms with Crippen molar-refractivity contribution in [2.24, 2.45) is 0 Å². The minimum atomic E-state index is -1.00. The van der Waals surface area contributed by atoms with Gasteiger partial charge in [-0.2, -0.15) is 4.98 Å². The molecular weight excluding hydrogens is 372 g/mol. The van der Waals surface area contributed by atoms with Gasteiger partial charge in [0.2, 0.25) is 17.8 Å². The van der Waals surface area contributed by atoms with Crippen LogP contribution in [0, 0.1) is 0 Å². The molecule has 0 aliphatic heterocycles. The molecule has 1 aromatic heterocycles. The van der Waals surface area contributed by atoms with E-state index in [0.717, 1.165) is 5.56 Å². The second-order valence-electron chi connectivity index (χ2n) is 6.24. The van der Waals surface area contributed by atoms with Gasteiger partial charge in [0.15, 0.2) is 0 Å². The lowest BCUT2D eigenvalue weighted by molar-refractivity contribution is -0.137. The molecule has 4 N–H and O–H groups in total. The van der Waals surface area contributed by atoms with Crippen molar-refractivity contribution in [3.05, 3.63) is 66.5 Å². The molecule has 0 saturated carbocycles. The van der Waals surface area contributed by atoms with Crippen LogP contribution in [0.3, 0.4) is 0 Å². The molecule has 148 valence electrons. The van der Waals surface area contributed by atoms with Crippen molar-refractivity contribution in [1.82, 2.24) is 15.0 Å². The molecule has 0 saturated heterocycles. The van der Waals surface area contributed by atoms with Gasteiger partial charge in [-0.3, -0.25) is 4.79 Å². The fourth-order valence-corrected chi connectivity index (χ4v) is 2.60. The highest BCUT2D eigenvalue weighted by Gasteiger charge is 2.19. The van der Waals surface area contributed by atoms with Gasteiger partial charge in [-0.25, -0.2) is 14.8 Å². The van der Waals surface area contributed by atoms with E-state index in [2.05, 4.69) is 30.9 Å². The van der Waals surface area contributed by atoms with Crippen LogP contribution in [0.25, 0.3) is 0 Å². The lowest BCUT2D eigenvalue weighted by atomic mass is 10.1. The molecule has 2 aromatic carbocycles. The molecule has 0 unspecified atom stereocenters. The summed E-state index contributed by atoms with van der Waals surface area (Å²) < 4.78 is 0. The standard InChI is InChI=1S/C20H20N6O3/c1-13(27)23-15-7-9-16(10-8-15)24-19-21-12-22-20(26-19)25-17(18(28)29)11-14-5-3-2-4-6-14/h2-10,12,17H,11H2,1H3,(H,23,27)(H,28,29)(H2,21,22,24,25,26)/t17-/m0/s1. The Bertz CT molecular complexity index is 979. The zero-order chi connectivity index (χ0) is 20.6. The van der Waals surface area contributed by atoms with Crippen LogP contribution in [-0.2, 0) is 16.0 Å². The van der Waals surface area contributed by atoms with Crippen LogP contribution in [-0.4, -0.2) is 38.0 Å². The summed E-state index contributed by atoms with van der Waals surface area (Å²) in [6.07, 6.45) is 1.58. The fourth-order valence-electron chi connectivity index (χ4n) is 2.60. The molecule has 0 aliphatic rings. The summed E-state index contributed by atoms with van der Waals surface area (Å²) in [5, 5.41) is 18.0. The van der Waals surface area contributed by atoms with E-state index in [-0.39, 0.29) is 24.2 Å². The average Bonchev–Trinajstić information content (AvgIpc) is 2.70. The van der Waals surface area contributed by atoms with E-state index in [1.165, 1.54) is 13.3 Å². The number of anilines is 4. The van der Waals surface area contributed by atoms with Crippen LogP contribution in [0.4, 0.5) is 23.3 Å². The first-order valence-corrected chi connectivity index (χ1v) is 8.86. The van der Waals surface area contributed by atoms with Crippen LogP contribution in [0.1, 0.15) is 12.5 Å². The minimum absolute atomic E-state index is 0.151. The number of carboxylic acid groups (broad SMARTS) is 1. The summed E-state index contributed by atoms with van der Waals surface area (Å²) in [5.41, 5.74) is 2.26. The maximum Gasteiger partial charge on any atom is 0.326 e. The second-order valence-corrected chi connectivity index (χ2v) is 6.24. The third kappa shape index (κ3) is 5.99. The fraction of sp³-hybridized carbons (Fsp3) is 0.150. The first-order chi connectivity index (χ1) is 14.0. The minimum Gasteiger partial charge on any atom is -0.480 e. The molecule has 0 radical (unpaired) electrons. The van der Waals surface area contributed by atoms with Crippen molar-refractivity contribution in [2.45, 2.75) is 19.4 Å². The van der Waals surface area contributed by atoms with Crippen LogP contribution >= 0.6 is 0 Å². The summed E-state index contributed by atoms with van der Waals surface area (Å²) in [6, 6.07) is 15.4. The van der Waals surface area contributed by atoms with Gasteiger partial charge < -0.3 is 21.1 Å². The molecule has 1 heterocycles. The first kappa shape index (κ1) is 19.7. The molecule has 0 spiro atoms. The molecule has 0 fully saturated rings. The number of aliphatic carboxylic acids is 1. The van der Waals surface area contributed by atoms with E-state index in [1.54, 1.807) is 24.3 Å². The number of rotatable bonds is 8. The molecule has 0 aliphatic carbocycles. The summed E-state index contributed by atoms with van der Waals surface area (Å²) in [7, 11) is 0. The van der Waals surface area contributed by atoms with Crippen molar-refractivity contribution in [3.63, 3.8) is 0 Å². The van der Waals surface area contributed by atoms with Gasteiger partial charge in [-0.1, -0.05) is 30.3 Å². The average molecular weight is 392 g/mol. The lowest BCUT2D eigenvalue weighted by Gasteiger charge is -2.15. The normalized spacial score (nSPS) is 11.3. The number of aromatic nitrogens is 3. The van der Waals surface area contributed by atoms with Gasteiger partial charge in [-0.15, -0.1) is 0 Å². The number of benzene rings is 2. The Morgan fingerprint density at radius 1 is 0.966 bits per heavy atom. The van der Waals surface area contributed by atoms with Gasteiger partial charge in [0.1, 0.15) is 12.4 Å². The number of hydrogen-bond donors (Lipinski definition) is 4. The van der Waals surface area contributed by atoms with Gasteiger partial charge in [-0.05, 0) is 29.8 Å². The Kier molecular flexibility index (Phi) is 6.31. The van der Waals surface area contributed by atoms with E-state index in [9.17, 15) is 14.7 Å². The summed E-state index contributed by atoms with van der Waals surface area (Å²) in [4.78, 5) is 35.0. The monoisotopic (exact) mass is 392 g/mol. The number of amides is 1. The van der Waals surface area contributed by atoms with Crippen molar-refractivity contribution in [2.75, 3.05) is 16.0 Å². The maximum absolute atomic E-state index is 11.6. The molecule has 3 rings (SSSR count). The Hall–Kier alpha value is -4.01.